The standard InChI is InChI=1S/C35H38F2N2O7S.C3H6O2/c1-7-45-34(43)35(4,22(3)47)17-16-28(40)46-31-26(36)20-27(29(30(31)37)33(42)39(5)18-19-44-6)38-32(41)25-11-9-8-10-24(25)23-14-12-21(2)13-15-23;1-2-5-3-4/h8-15,20,47H,3,7,16-19H2,1-2,4-6H3,(H,38,41);3H,2H2,1H3. The van der Waals surface area contributed by atoms with E-state index >= 15 is 8.78 Å². The van der Waals surface area contributed by atoms with Crippen molar-refractivity contribution in [3.05, 3.63) is 94.4 Å². The molecule has 3 rings (SSSR count). The Kier molecular flexibility index (Phi) is 17.1. The first kappa shape index (κ1) is 43.1. The van der Waals surface area contributed by atoms with Crippen molar-refractivity contribution in [2.45, 2.75) is 40.5 Å². The van der Waals surface area contributed by atoms with Crippen molar-refractivity contribution in [3.63, 3.8) is 0 Å². The van der Waals surface area contributed by atoms with Gasteiger partial charge >= 0.3 is 11.9 Å². The van der Waals surface area contributed by atoms with Crippen molar-refractivity contribution in [3.8, 4) is 16.9 Å². The van der Waals surface area contributed by atoms with Gasteiger partial charge in [-0.1, -0.05) is 54.6 Å². The molecule has 0 saturated carbocycles. The third-order valence-corrected chi connectivity index (χ3v) is 8.29. The Balaban J connectivity index is 0.00000175. The lowest BCUT2D eigenvalue weighted by atomic mass is 9.85. The number of hydrogen-bond acceptors (Lipinski definition) is 10. The molecule has 52 heavy (non-hydrogen) atoms. The molecular formula is C38H44F2N2O9S. The number of carbonyl (C=O) groups is 5. The van der Waals surface area contributed by atoms with Gasteiger partial charge in [0.05, 0.1) is 30.9 Å². The molecule has 0 fully saturated rings. The number of thiol groups is 1. The van der Waals surface area contributed by atoms with Crippen molar-refractivity contribution in [2.75, 3.05) is 45.8 Å². The highest BCUT2D eigenvalue weighted by Crippen LogP contribution is 2.37. The van der Waals surface area contributed by atoms with Crippen LogP contribution in [0.15, 0.2) is 66.1 Å². The van der Waals surface area contributed by atoms with E-state index in [-0.39, 0.29) is 36.6 Å². The van der Waals surface area contributed by atoms with Crippen molar-refractivity contribution in [1.29, 1.82) is 0 Å². The zero-order valence-corrected chi connectivity index (χ0v) is 30.9. The predicted octanol–water partition coefficient (Wildman–Crippen LogP) is 6.79. The fourth-order valence-electron chi connectivity index (χ4n) is 4.62. The second kappa shape index (κ2) is 20.7. The summed E-state index contributed by atoms with van der Waals surface area (Å²) in [5, 5.41) is 2.48. The van der Waals surface area contributed by atoms with Crippen LogP contribution in [0.5, 0.6) is 5.75 Å². The Hall–Kier alpha value is -5.08. The molecule has 0 aromatic heterocycles. The first-order valence-corrected chi connectivity index (χ1v) is 16.7. The molecule has 280 valence electrons. The van der Waals surface area contributed by atoms with E-state index in [9.17, 15) is 24.0 Å². The number of benzene rings is 3. The quantitative estimate of drug-likeness (QED) is 0.0704. The fraction of sp³-hybridized carbons (Fsp3) is 0.342. The number of nitrogens with one attached hydrogen (secondary N) is 1. The van der Waals surface area contributed by atoms with Gasteiger partial charge in [-0.2, -0.15) is 0 Å². The van der Waals surface area contributed by atoms with Gasteiger partial charge in [-0.05, 0) is 56.2 Å². The third kappa shape index (κ3) is 11.5. The second-order valence-electron chi connectivity index (χ2n) is 11.5. The summed E-state index contributed by atoms with van der Waals surface area (Å²) in [6.07, 6.45) is -0.657. The first-order chi connectivity index (χ1) is 24.7. The Morgan fingerprint density at radius 1 is 1.04 bits per heavy atom. The third-order valence-electron chi connectivity index (χ3n) is 7.79. The van der Waals surface area contributed by atoms with E-state index in [2.05, 4.69) is 29.3 Å². The van der Waals surface area contributed by atoms with Crippen LogP contribution in [0, 0.1) is 24.0 Å². The number of likely N-dealkylation sites (N-methyl/N-ethyl adjacent to an activating group) is 1. The van der Waals surface area contributed by atoms with Crippen LogP contribution in [-0.2, 0) is 28.6 Å². The van der Waals surface area contributed by atoms with Gasteiger partial charge in [0.1, 0.15) is 5.56 Å². The molecule has 1 unspecified atom stereocenters. The number of nitrogens with zero attached hydrogens (tertiary/aromatic N) is 1. The van der Waals surface area contributed by atoms with Crippen LogP contribution in [0.25, 0.3) is 11.1 Å². The van der Waals surface area contributed by atoms with Gasteiger partial charge in [0.25, 0.3) is 18.3 Å². The number of rotatable bonds is 16. The van der Waals surface area contributed by atoms with E-state index in [4.69, 9.17) is 14.2 Å². The molecule has 1 N–H and O–H groups in total. The van der Waals surface area contributed by atoms with Crippen LogP contribution >= 0.6 is 12.6 Å². The van der Waals surface area contributed by atoms with E-state index in [1.165, 1.54) is 21.1 Å². The maximum atomic E-state index is 16.1. The number of methoxy groups -OCH3 is 1. The Bertz CT molecular complexity index is 1750. The minimum atomic E-state index is -1.50. The van der Waals surface area contributed by atoms with Crippen LogP contribution in [0.3, 0.4) is 0 Å². The van der Waals surface area contributed by atoms with Crippen LogP contribution in [0.1, 0.15) is 59.9 Å². The molecule has 11 nitrogen and oxygen atoms in total. The summed E-state index contributed by atoms with van der Waals surface area (Å²) in [7, 11) is 2.79. The molecule has 14 heteroatoms. The molecule has 0 heterocycles. The maximum absolute atomic E-state index is 16.1. The highest BCUT2D eigenvalue weighted by atomic mass is 32.1. The molecule has 0 saturated heterocycles. The summed E-state index contributed by atoms with van der Waals surface area (Å²) < 4.78 is 50.9. The zero-order valence-electron chi connectivity index (χ0n) is 30.0. The molecular weight excluding hydrogens is 698 g/mol. The molecule has 0 bridgehead atoms. The monoisotopic (exact) mass is 742 g/mol. The number of halogens is 2. The number of hydrogen-bond donors (Lipinski definition) is 2. The normalized spacial score (nSPS) is 11.6. The summed E-state index contributed by atoms with van der Waals surface area (Å²) in [5.41, 5.74) is -0.0910. The van der Waals surface area contributed by atoms with Crippen LogP contribution in [0.2, 0.25) is 0 Å². The smallest absolute Gasteiger partial charge is 0.316 e. The van der Waals surface area contributed by atoms with Crippen LogP contribution < -0.4 is 10.1 Å². The van der Waals surface area contributed by atoms with Gasteiger partial charge < -0.3 is 29.2 Å². The fourth-order valence-corrected chi connectivity index (χ4v) is 4.82. The maximum Gasteiger partial charge on any atom is 0.316 e. The van der Waals surface area contributed by atoms with Crippen LogP contribution in [-0.4, -0.2) is 75.6 Å². The molecule has 0 spiro atoms. The van der Waals surface area contributed by atoms with E-state index in [1.54, 1.807) is 38.1 Å². The summed E-state index contributed by atoms with van der Waals surface area (Å²) in [6.45, 7) is 11.6. The SMILES string of the molecule is C=C(S)C(C)(CCC(=O)Oc1c(F)cc(NC(=O)c2ccccc2-c2ccc(C)cc2)c(C(=O)N(C)CCOC)c1F)C(=O)OCC.CCOC=O. The summed E-state index contributed by atoms with van der Waals surface area (Å²) in [5.74, 6) is -7.42. The van der Waals surface area contributed by atoms with E-state index in [0.29, 0.717) is 24.7 Å². The van der Waals surface area contributed by atoms with Gasteiger partial charge in [-0.15, -0.1) is 12.6 Å². The summed E-state index contributed by atoms with van der Waals surface area (Å²) in [4.78, 5) is 62.8. The van der Waals surface area contributed by atoms with Gasteiger partial charge in [-0.25, -0.2) is 8.78 Å². The molecule has 0 aliphatic heterocycles. The summed E-state index contributed by atoms with van der Waals surface area (Å²) in [6, 6.07) is 14.8. The number of amides is 2. The highest BCUT2D eigenvalue weighted by molar-refractivity contribution is 7.84. The van der Waals surface area contributed by atoms with E-state index < -0.39 is 64.2 Å². The number of anilines is 1. The van der Waals surface area contributed by atoms with Gasteiger partial charge in [0, 0.05) is 38.8 Å². The molecule has 0 aliphatic rings. The minimum Gasteiger partial charge on any atom is -0.468 e. The summed E-state index contributed by atoms with van der Waals surface area (Å²) >= 11 is 4.17. The van der Waals surface area contributed by atoms with Crippen molar-refractivity contribution in [1.82, 2.24) is 4.90 Å². The zero-order chi connectivity index (χ0) is 39.0. The lowest BCUT2D eigenvalue weighted by Crippen LogP contribution is -2.32. The van der Waals surface area contributed by atoms with E-state index in [1.807, 2.05) is 31.2 Å². The number of esters is 2. The lowest BCUT2D eigenvalue weighted by Gasteiger charge is -2.26. The number of ether oxygens (including phenoxy) is 4. The topological polar surface area (TPSA) is 138 Å². The van der Waals surface area contributed by atoms with Gasteiger partial charge in [0.2, 0.25) is 5.75 Å². The molecule has 0 radical (unpaired) electrons. The largest absolute Gasteiger partial charge is 0.468 e. The van der Waals surface area contributed by atoms with Gasteiger partial charge in [-0.3, -0.25) is 24.0 Å². The lowest BCUT2D eigenvalue weighted by molar-refractivity contribution is -0.152. The first-order valence-electron chi connectivity index (χ1n) is 16.2. The van der Waals surface area contributed by atoms with Crippen LogP contribution in [0.4, 0.5) is 14.5 Å². The molecule has 3 aromatic carbocycles. The second-order valence-corrected chi connectivity index (χ2v) is 12.1. The average Bonchev–Trinajstić information content (AvgIpc) is 3.12. The Morgan fingerprint density at radius 3 is 2.25 bits per heavy atom. The van der Waals surface area contributed by atoms with E-state index in [0.717, 1.165) is 16.0 Å². The molecule has 1 atom stereocenters. The Labute approximate surface area is 307 Å². The highest BCUT2D eigenvalue weighted by Gasteiger charge is 2.37. The molecule has 0 aliphatic carbocycles. The van der Waals surface area contributed by atoms with Crippen molar-refractivity contribution in [2.24, 2.45) is 5.41 Å². The average molecular weight is 743 g/mol. The number of carbonyl (C=O) groups excluding carboxylic acids is 5. The van der Waals surface area contributed by atoms with Gasteiger partial charge in [0.15, 0.2) is 11.6 Å². The van der Waals surface area contributed by atoms with Crippen molar-refractivity contribution >= 4 is 48.5 Å². The number of aryl methyl sites for hydroxylation is 1. The molecule has 3 aromatic rings. The predicted molar refractivity (Wildman–Crippen MR) is 195 cm³/mol. The Morgan fingerprint density at radius 2 is 1.69 bits per heavy atom. The minimum absolute atomic E-state index is 0.0327. The van der Waals surface area contributed by atoms with Crippen molar-refractivity contribution < 1.29 is 51.7 Å². The molecule has 2 amide bonds.